The smallest absolute Gasteiger partial charge is 0.187 e. The van der Waals surface area contributed by atoms with Gasteiger partial charge in [0, 0.05) is 11.1 Å². The van der Waals surface area contributed by atoms with E-state index >= 15 is 0 Å². The Hall–Kier alpha value is -2.23. The molecule has 0 aliphatic heterocycles. The molecule has 0 saturated heterocycles. The minimum absolute atomic E-state index is 0.484. The highest BCUT2D eigenvalue weighted by Gasteiger charge is 2.20. The topological polar surface area (TPSA) is 37.3 Å². The Morgan fingerprint density at radius 1 is 0.640 bits per heavy atom. The fourth-order valence-electron chi connectivity index (χ4n) is 3.60. The maximum atomic E-state index is 12.3. The third kappa shape index (κ3) is 3.17. The number of rotatable bonds is 3. The molecule has 3 heteroatoms. The molecule has 1 N–H and O–H groups in total. The summed E-state index contributed by atoms with van der Waals surface area (Å²) in [6.07, 6.45) is 0. The van der Waals surface area contributed by atoms with Crippen molar-refractivity contribution in [2.24, 2.45) is 0 Å². The summed E-state index contributed by atoms with van der Waals surface area (Å²) in [5, 5.41) is 0. The largest absolute Gasteiger partial charge is 0.302 e. The maximum Gasteiger partial charge on any atom is 0.187 e. The van der Waals surface area contributed by atoms with Crippen LogP contribution in [0.3, 0.4) is 0 Å². The first-order chi connectivity index (χ1) is 11.9. The van der Waals surface area contributed by atoms with E-state index in [4.69, 9.17) is 0 Å². The molecular formula is C22H22O2S. The molecule has 0 amide bonds. The van der Waals surface area contributed by atoms with Crippen LogP contribution in [0.2, 0.25) is 0 Å². The van der Waals surface area contributed by atoms with Gasteiger partial charge in [-0.3, -0.25) is 0 Å². The van der Waals surface area contributed by atoms with Crippen molar-refractivity contribution in [1.82, 2.24) is 0 Å². The van der Waals surface area contributed by atoms with Crippen molar-refractivity contribution in [3.63, 3.8) is 0 Å². The summed E-state index contributed by atoms with van der Waals surface area (Å²) in [5.41, 5.74) is 8.14. The second-order valence-electron chi connectivity index (χ2n) is 6.47. The van der Waals surface area contributed by atoms with E-state index in [1.807, 2.05) is 82.3 Å². The summed E-state index contributed by atoms with van der Waals surface area (Å²) in [5.74, 6) is 0. The number of benzene rings is 3. The number of aryl methyl sites for hydroxylation is 4. The van der Waals surface area contributed by atoms with Crippen molar-refractivity contribution in [3.8, 4) is 22.3 Å². The Morgan fingerprint density at radius 3 is 1.28 bits per heavy atom. The van der Waals surface area contributed by atoms with E-state index in [-0.39, 0.29) is 0 Å². The highest BCUT2D eigenvalue weighted by Crippen LogP contribution is 2.39. The van der Waals surface area contributed by atoms with Gasteiger partial charge in [0.2, 0.25) is 0 Å². The lowest BCUT2D eigenvalue weighted by Gasteiger charge is -2.18. The molecule has 0 heterocycles. The van der Waals surface area contributed by atoms with Crippen LogP contribution in [0.25, 0.3) is 22.3 Å². The molecule has 0 saturated carbocycles. The van der Waals surface area contributed by atoms with Crippen LogP contribution >= 0.6 is 0 Å². The molecule has 1 unspecified atom stereocenters. The molecule has 0 radical (unpaired) electrons. The van der Waals surface area contributed by atoms with Gasteiger partial charge in [0.25, 0.3) is 0 Å². The monoisotopic (exact) mass is 350 g/mol. The molecule has 1 atom stereocenters. The fourth-order valence-corrected chi connectivity index (χ4v) is 4.31. The first-order valence-corrected chi connectivity index (χ1v) is 9.39. The zero-order valence-corrected chi connectivity index (χ0v) is 15.8. The first kappa shape index (κ1) is 17.6. The van der Waals surface area contributed by atoms with Gasteiger partial charge in [-0.25, -0.2) is 4.21 Å². The van der Waals surface area contributed by atoms with Gasteiger partial charge >= 0.3 is 0 Å². The first-order valence-electron chi connectivity index (χ1n) is 8.29. The van der Waals surface area contributed by atoms with Gasteiger partial charge in [-0.05, 0) is 61.1 Å². The van der Waals surface area contributed by atoms with E-state index in [9.17, 15) is 8.76 Å². The predicted molar refractivity (Wildman–Crippen MR) is 105 cm³/mol. The Bertz CT molecular complexity index is 864. The Morgan fingerprint density at radius 2 is 0.960 bits per heavy atom. The van der Waals surface area contributed by atoms with Crippen molar-refractivity contribution in [3.05, 3.63) is 76.9 Å². The lowest BCUT2D eigenvalue weighted by atomic mass is 9.90. The zero-order valence-electron chi connectivity index (χ0n) is 15.0. The summed E-state index contributed by atoms with van der Waals surface area (Å²) in [4.78, 5) is 0.484. The molecule has 128 valence electrons. The number of hydrogen-bond donors (Lipinski definition) is 1. The summed E-state index contributed by atoms with van der Waals surface area (Å²) >= 11 is -2.09. The molecule has 25 heavy (non-hydrogen) atoms. The van der Waals surface area contributed by atoms with Crippen LogP contribution in [0.4, 0.5) is 0 Å². The SMILES string of the molecule is Cc1cccc(C)c1-c1cccc(-c2c(C)cccc2C)c1S(=O)O. The normalized spacial score (nSPS) is 12.2. The van der Waals surface area contributed by atoms with Crippen molar-refractivity contribution in [1.29, 1.82) is 0 Å². The predicted octanol–water partition coefficient (Wildman–Crippen LogP) is 5.83. The highest BCUT2D eigenvalue weighted by molar-refractivity contribution is 7.79. The standard InChI is InChI=1S/C22H22O2S/c1-14-8-5-9-15(2)20(14)18-12-7-13-19(22(18)25(23)24)21-16(3)10-6-11-17(21)4/h5-13H,1-4H3,(H,23,24). The molecule has 0 aliphatic carbocycles. The van der Waals surface area contributed by atoms with Crippen LogP contribution in [0.1, 0.15) is 22.3 Å². The molecule has 3 rings (SSSR count). The lowest BCUT2D eigenvalue weighted by Crippen LogP contribution is -2.01. The van der Waals surface area contributed by atoms with Gasteiger partial charge in [0.05, 0.1) is 4.90 Å². The van der Waals surface area contributed by atoms with Crippen molar-refractivity contribution < 1.29 is 8.76 Å². The van der Waals surface area contributed by atoms with E-state index in [1.165, 1.54) is 0 Å². The number of hydrogen-bond acceptors (Lipinski definition) is 1. The van der Waals surface area contributed by atoms with Crippen LogP contribution in [0, 0.1) is 27.7 Å². The van der Waals surface area contributed by atoms with E-state index in [1.54, 1.807) is 0 Å². The van der Waals surface area contributed by atoms with E-state index in [2.05, 4.69) is 0 Å². The van der Waals surface area contributed by atoms with E-state index in [0.717, 1.165) is 44.5 Å². The summed E-state index contributed by atoms with van der Waals surface area (Å²) < 4.78 is 22.5. The third-order valence-corrected chi connectivity index (χ3v) is 5.48. The molecule has 0 fully saturated rings. The summed E-state index contributed by atoms with van der Waals surface area (Å²) in [7, 11) is 0. The van der Waals surface area contributed by atoms with Crippen molar-refractivity contribution in [2.45, 2.75) is 32.6 Å². The Kier molecular flexibility index (Phi) is 4.89. The minimum atomic E-state index is -2.09. The molecule has 0 aromatic heterocycles. The van der Waals surface area contributed by atoms with E-state index < -0.39 is 11.1 Å². The van der Waals surface area contributed by atoms with Gasteiger partial charge < -0.3 is 4.55 Å². The molecule has 3 aromatic rings. The second-order valence-corrected chi connectivity index (χ2v) is 7.37. The molecule has 0 spiro atoms. The van der Waals surface area contributed by atoms with Gasteiger partial charge in [-0.1, -0.05) is 54.6 Å². The van der Waals surface area contributed by atoms with Crippen LogP contribution in [-0.2, 0) is 11.1 Å². The van der Waals surface area contributed by atoms with Crippen molar-refractivity contribution >= 4 is 11.1 Å². The zero-order chi connectivity index (χ0) is 18.1. The van der Waals surface area contributed by atoms with Crippen LogP contribution in [0.15, 0.2) is 59.5 Å². The second kappa shape index (κ2) is 6.95. The summed E-state index contributed by atoms with van der Waals surface area (Å²) in [6.45, 7) is 8.16. The van der Waals surface area contributed by atoms with Crippen molar-refractivity contribution in [2.75, 3.05) is 0 Å². The minimum Gasteiger partial charge on any atom is -0.302 e. The lowest BCUT2D eigenvalue weighted by molar-refractivity contribution is 0.565. The van der Waals surface area contributed by atoms with Gasteiger partial charge in [0.15, 0.2) is 11.1 Å². The maximum absolute atomic E-state index is 12.3. The molecule has 0 aliphatic rings. The third-order valence-electron chi connectivity index (χ3n) is 4.69. The quantitative estimate of drug-likeness (QED) is 0.603. The van der Waals surface area contributed by atoms with Crippen LogP contribution < -0.4 is 0 Å². The molecular weight excluding hydrogens is 328 g/mol. The Balaban J connectivity index is 2.40. The van der Waals surface area contributed by atoms with Gasteiger partial charge in [-0.15, -0.1) is 0 Å². The van der Waals surface area contributed by atoms with Gasteiger partial charge in [0.1, 0.15) is 0 Å². The molecule has 2 nitrogen and oxygen atoms in total. The fraction of sp³-hybridized carbons (Fsp3) is 0.182. The highest BCUT2D eigenvalue weighted by atomic mass is 32.2. The average Bonchev–Trinajstić information content (AvgIpc) is 2.54. The van der Waals surface area contributed by atoms with Crippen LogP contribution in [-0.4, -0.2) is 8.76 Å². The average molecular weight is 350 g/mol. The molecule has 0 bridgehead atoms. The Labute approximate surface area is 151 Å². The van der Waals surface area contributed by atoms with E-state index in [0.29, 0.717) is 4.90 Å². The molecule has 3 aromatic carbocycles. The van der Waals surface area contributed by atoms with Gasteiger partial charge in [-0.2, -0.15) is 0 Å². The van der Waals surface area contributed by atoms with Crippen LogP contribution in [0.5, 0.6) is 0 Å². The summed E-state index contributed by atoms with van der Waals surface area (Å²) in [6, 6.07) is 18.0.